The number of hydrogen-bond acceptors (Lipinski definition) is 4. The molecule has 140 valence electrons. The molecule has 4 aromatic rings. The van der Waals surface area contributed by atoms with E-state index in [1.54, 1.807) is 31.0 Å². The first kappa shape index (κ1) is 17.0. The Bertz CT molecular complexity index is 1180. The van der Waals surface area contributed by atoms with E-state index >= 15 is 0 Å². The van der Waals surface area contributed by atoms with E-state index < -0.39 is 0 Å². The molecule has 6 nitrogen and oxygen atoms in total. The van der Waals surface area contributed by atoms with Gasteiger partial charge in [0.25, 0.3) is 5.91 Å². The fourth-order valence-corrected chi connectivity index (χ4v) is 3.96. The van der Waals surface area contributed by atoms with Crippen LogP contribution in [0.5, 0.6) is 0 Å². The van der Waals surface area contributed by atoms with Gasteiger partial charge in [0.05, 0.1) is 29.8 Å². The highest BCUT2D eigenvalue weighted by Crippen LogP contribution is 2.33. The monoisotopic (exact) mass is 392 g/mol. The molecule has 28 heavy (non-hydrogen) atoms. The number of carbonyl (C=O) groups is 1. The summed E-state index contributed by atoms with van der Waals surface area (Å²) >= 11 is 5.96. The molecule has 1 aliphatic heterocycles. The average Bonchev–Trinajstić information content (AvgIpc) is 3.37. The lowest BCUT2D eigenvalue weighted by atomic mass is 9.90. The number of rotatable bonds is 2. The summed E-state index contributed by atoms with van der Waals surface area (Å²) < 4.78 is 6.73. The summed E-state index contributed by atoms with van der Waals surface area (Å²) in [5, 5.41) is 4.83. The first-order chi connectivity index (χ1) is 13.6. The van der Waals surface area contributed by atoms with Crippen LogP contribution in [0.25, 0.3) is 16.8 Å². The third-order valence-electron chi connectivity index (χ3n) is 5.30. The van der Waals surface area contributed by atoms with Crippen LogP contribution >= 0.6 is 11.6 Å². The summed E-state index contributed by atoms with van der Waals surface area (Å²) in [5.41, 5.74) is 5.59. The molecular weight excluding hydrogens is 376 g/mol. The first-order valence-corrected chi connectivity index (χ1v) is 9.45. The van der Waals surface area contributed by atoms with Crippen LogP contribution in [-0.2, 0) is 6.42 Å². The Morgan fingerprint density at radius 2 is 2.14 bits per heavy atom. The van der Waals surface area contributed by atoms with E-state index in [0.717, 1.165) is 23.1 Å². The summed E-state index contributed by atoms with van der Waals surface area (Å²) in [6.07, 6.45) is 7.41. The van der Waals surface area contributed by atoms with Gasteiger partial charge in [0, 0.05) is 24.4 Å². The van der Waals surface area contributed by atoms with Gasteiger partial charge in [0.1, 0.15) is 0 Å². The Balaban J connectivity index is 1.45. The molecular formula is C21H17ClN4O2. The zero-order chi connectivity index (χ0) is 19.3. The Labute approximate surface area is 166 Å². The molecule has 0 spiro atoms. The number of fused-ring (bicyclic) bond motifs is 2. The third-order valence-corrected chi connectivity index (χ3v) is 5.49. The van der Waals surface area contributed by atoms with Crippen LogP contribution in [0, 0.1) is 0 Å². The molecule has 3 aromatic heterocycles. The molecule has 7 heteroatoms. The van der Waals surface area contributed by atoms with E-state index in [-0.39, 0.29) is 11.9 Å². The topological polar surface area (TPSA) is 63.6 Å². The van der Waals surface area contributed by atoms with E-state index in [1.165, 1.54) is 10.1 Å². The van der Waals surface area contributed by atoms with Crippen LogP contribution in [0.3, 0.4) is 0 Å². The molecule has 0 saturated heterocycles. The third kappa shape index (κ3) is 2.77. The molecule has 0 fully saturated rings. The Kier molecular flexibility index (Phi) is 3.94. The van der Waals surface area contributed by atoms with Gasteiger partial charge in [-0.3, -0.25) is 4.79 Å². The minimum absolute atomic E-state index is 0.0315. The minimum atomic E-state index is -0.0984. The van der Waals surface area contributed by atoms with Gasteiger partial charge in [0.2, 0.25) is 0 Å². The van der Waals surface area contributed by atoms with E-state index in [2.05, 4.69) is 35.2 Å². The second-order valence-corrected chi connectivity index (χ2v) is 7.39. The fraction of sp³-hybridized carbons (Fsp3) is 0.190. The van der Waals surface area contributed by atoms with Crippen LogP contribution in [0.1, 0.15) is 34.6 Å². The maximum atomic E-state index is 13.1. The summed E-state index contributed by atoms with van der Waals surface area (Å²) in [5.74, 6) is -0.0984. The molecule has 1 atom stereocenters. The number of carbonyl (C=O) groups excluding carboxylic acids is 1. The van der Waals surface area contributed by atoms with Crippen molar-refractivity contribution in [1.82, 2.24) is 19.5 Å². The largest absolute Gasteiger partial charge is 0.472 e. The van der Waals surface area contributed by atoms with Crippen molar-refractivity contribution in [3.8, 4) is 11.1 Å². The molecule has 4 heterocycles. The normalized spacial score (nSPS) is 16.4. The van der Waals surface area contributed by atoms with Gasteiger partial charge >= 0.3 is 0 Å². The Morgan fingerprint density at radius 1 is 1.25 bits per heavy atom. The predicted molar refractivity (Wildman–Crippen MR) is 105 cm³/mol. The lowest BCUT2D eigenvalue weighted by Crippen LogP contribution is -2.39. The number of benzene rings is 1. The maximum Gasteiger partial charge on any atom is 0.274 e. The highest BCUT2D eigenvalue weighted by Gasteiger charge is 2.30. The zero-order valence-electron chi connectivity index (χ0n) is 15.2. The molecule has 0 saturated carbocycles. The predicted octanol–water partition coefficient (Wildman–Crippen LogP) is 4.40. The summed E-state index contributed by atoms with van der Waals surface area (Å²) in [6.45, 7) is 2.70. The maximum absolute atomic E-state index is 13.1. The number of amides is 1. The highest BCUT2D eigenvalue weighted by molar-refractivity contribution is 6.30. The Hall–Kier alpha value is -3.12. The SMILES string of the molecule is CC1c2ccc(-c3ccoc3)cc2CCN1C(=O)c1cc2ncc(Cl)cn2n1. The van der Waals surface area contributed by atoms with E-state index in [1.807, 2.05) is 11.0 Å². The van der Waals surface area contributed by atoms with Gasteiger partial charge in [-0.05, 0) is 36.1 Å². The van der Waals surface area contributed by atoms with Crippen molar-refractivity contribution < 1.29 is 9.21 Å². The standard InChI is InChI=1S/C21H17ClN4O2/c1-13-18-3-2-14(16-5-7-28-12-16)8-15(18)4-6-25(13)21(27)19-9-20-23-10-17(22)11-26(20)24-19/h2-3,5,7-13H,4,6H2,1H3. The molecule has 5 rings (SSSR count). The number of hydrogen-bond donors (Lipinski definition) is 0. The van der Waals surface area contributed by atoms with Gasteiger partial charge in [0.15, 0.2) is 11.3 Å². The lowest BCUT2D eigenvalue weighted by Gasteiger charge is -2.35. The van der Waals surface area contributed by atoms with E-state index in [4.69, 9.17) is 16.0 Å². The van der Waals surface area contributed by atoms with Gasteiger partial charge < -0.3 is 9.32 Å². The van der Waals surface area contributed by atoms with Gasteiger partial charge in [-0.2, -0.15) is 5.10 Å². The van der Waals surface area contributed by atoms with Crippen molar-refractivity contribution in [2.75, 3.05) is 6.54 Å². The molecule has 1 unspecified atom stereocenters. The van der Waals surface area contributed by atoms with Crippen LogP contribution < -0.4 is 0 Å². The summed E-state index contributed by atoms with van der Waals surface area (Å²) in [6, 6.07) is 9.99. The molecule has 1 aliphatic rings. The first-order valence-electron chi connectivity index (χ1n) is 9.07. The fourth-order valence-electron chi connectivity index (χ4n) is 3.82. The molecule has 0 N–H and O–H groups in total. The van der Waals surface area contributed by atoms with Gasteiger partial charge in [-0.1, -0.05) is 29.8 Å². The number of aromatic nitrogens is 3. The van der Waals surface area contributed by atoms with Crippen LogP contribution in [0.2, 0.25) is 5.02 Å². The summed E-state index contributed by atoms with van der Waals surface area (Å²) in [4.78, 5) is 19.2. The lowest BCUT2D eigenvalue weighted by molar-refractivity contribution is 0.0671. The van der Waals surface area contributed by atoms with E-state index in [9.17, 15) is 4.79 Å². The second-order valence-electron chi connectivity index (χ2n) is 6.95. The molecule has 1 aromatic carbocycles. The highest BCUT2D eigenvalue weighted by atomic mass is 35.5. The van der Waals surface area contributed by atoms with Crippen molar-refractivity contribution >= 4 is 23.2 Å². The number of furan rings is 1. The number of nitrogens with zero attached hydrogens (tertiary/aromatic N) is 4. The quantitative estimate of drug-likeness (QED) is 0.507. The second kappa shape index (κ2) is 6.49. The van der Waals surface area contributed by atoms with Crippen molar-refractivity contribution in [2.45, 2.75) is 19.4 Å². The molecule has 0 radical (unpaired) electrons. The molecule has 0 aliphatic carbocycles. The van der Waals surface area contributed by atoms with Crippen LogP contribution in [0.15, 0.2) is 59.7 Å². The van der Waals surface area contributed by atoms with Crippen LogP contribution in [0.4, 0.5) is 0 Å². The smallest absolute Gasteiger partial charge is 0.274 e. The van der Waals surface area contributed by atoms with Crippen molar-refractivity contribution in [3.63, 3.8) is 0 Å². The number of halogens is 1. The van der Waals surface area contributed by atoms with Crippen molar-refractivity contribution in [3.05, 3.63) is 77.1 Å². The minimum Gasteiger partial charge on any atom is -0.472 e. The van der Waals surface area contributed by atoms with Gasteiger partial charge in [-0.15, -0.1) is 0 Å². The van der Waals surface area contributed by atoms with Crippen molar-refractivity contribution in [2.24, 2.45) is 0 Å². The summed E-state index contributed by atoms with van der Waals surface area (Å²) in [7, 11) is 0. The average molecular weight is 393 g/mol. The zero-order valence-corrected chi connectivity index (χ0v) is 15.9. The Morgan fingerprint density at radius 3 is 2.96 bits per heavy atom. The van der Waals surface area contributed by atoms with Crippen LogP contribution in [-0.4, -0.2) is 31.9 Å². The molecule has 1 amide bonds. The molecule has 0 bridgehead atoms. The van der Waals surface area contributed by atoms with E-state index in [0.29, 0.717) is 22.9 Å². The van der Waals surface area contributed by atoms with Crippen molar-refractivity contribution in [1.29, 1.82) is 0 Å². The van der Waals surface area contributed by atoms with Gasteiger partial charge in [-0.25, -0.2) is 9.50 Å².